The van der Waals surface area contributed by atoms with Crippen LogP contribution in [0, 0.1) is 6.92 Å². The quantitative estimate of drug-likeness (QED) is 0.871. The van der Waals surface area contributed by atoms with Crippen LogP contribution in [0.1, 0.15) is 28.3 Å². The Bertz CT molecular complexity index is 549. The normalized spacial score (nSPS) is 14.3. The van der Waals surface area contributed by atoms with Gasteiger partial charge in [0.05, 0.1) is 5.69 Å². The fraction of sp³-hybridized carbons (Fsp3) is 0.333. The van der Waals surface area contributed by atoms with E-state index in [9.17, 15) is 0 Å². The first-order chi connectivity index (χ1) is 8.83. The summed E-state index contributed by atoms with van der Waals surface area (Å²) in [5.41, 5.74) is 4.91. The molecule has 0 atom stereocenters. The highest BCUT2D eigenvalue weighted by atomic mass is 14.9. The van der Waals surface area contributed by atoms with Gasteiger partial charge in [-0.25, -0.2) is 9.97 Å². The van der Waals surface area contributed by atoms with Crippen molar-refractivity contribution in [1.29, 1.82) is 0 Å². The summed E-state index contributed by atoms with van der Waals surface area (Å²) in [6.07, 6.45) is 1.84. The lowest BCUT2D eigenvalue weighted by atomic mass is 10.1. The van der Waals surface area contributed by atoms with Crippen LogP contribution < -0.4 is 5.32 Å². The molecule has 2 aromatic rings. The zero-order valence-corrected chi connectivity index (χ0v) is 10.6. The molecule has 2 heterocycles. The van der Waals surface area contributed by atoms with E-state index in [0.29, 0.717) is 0 Å². The van der Waals surface area contributed by atoms with Crippen molar-refractivity contribution in [3.8, 4) is 0 Å². The van der Waals surface area contributed by atoms with Gasteiger partial charge in [-0.3, -0.25) is 0 Å². The Morgan fingerprint density at radius 3 is 2.83 bits per heavy atom. The summed E-state index contributed by atoms with van der Waals surface area (Å²) in [5, 5.41) is 3.37. The second kappa shape index (κ2) is 4.86. The monoisotopic (exact) mass is 239 g/mol. The largest absolute Gasteiger partial charge is 0.312 e. The van der Waals surface area contributed by atoms with E-state index in [2.05, 4.69) is 41.5 Å². The summed E-state index contributed by atoms with van der Waals surface area (Å²) in [4.78, 5) is 9.35. The van der Waals surface area contributed by atoms with Gasteiger partial charge in [-0.05, 0) is 12.5 Å². The molecular weight excluding hydrogens is 222 g/mol. The molecule has 0 spiro atoms. The van der Waals surface area contributed by atoms with Crippen LogP contribution in [0.5, 0.6) is 0 Å². The van der Waals surface area contributed by atoms with Gasteiger partial charge < -0.3 is 5.32 Å². The summed E-state index contributed by atoms with van der Waals surface area (Å²) in [6, 6.07) is 10.4. The number of fused-ring (bicyclic) bond motifs is 1. The van der Waals surface area contributed by atoms with Gasteiger partial charge in [0.25, 0.3) is 0 Å². The van der Waals surface area contributed by atoms with Gasteiger partial charge in [0, 0.05) is 37.2 Å². The van der Waals surface area contributed by atoms with Crippen LogP contribution in [0.3, 0.4) is 0 Å². The molecule has 0 bridgehead atoms. The summed E-state index contributed by atoms with van der Waals surface area (Å²) in [6.45, 7) is 4.02. The van der Waals surface area contributed by atoms with E-state index in [1.54, 1.807) is 0 Å². The minimum atomic E-state index is 0.822. The minimum Gasteiger partial charge on any atom is -0.312 e. The summed E-state index contributed by atoms with van der Waals surface area (Å²) in [5.74, 6) is 0.944. The molecule has 0 fully saturated rings. The highest BCUT2D eigenvalue weighted by Crippen LogP contribution is 2.16. The fourth-order valence-electron chi connectivity index (χ4n) is 2.43. The number of rotatable bonds is 2. The Labute approximate surface area is 107 Å². The summed E-state index contributed by atoms with van der Waals surface area (Å²) >= 11 is 0. The molecule has 3 heteroatoms. The Morgan fingerprint density at radius 1 is 1.17 bits per heavy atom. The van der Waals surface area contributed by atoms with Crippen LogP contribution >= 0.6 is 0 Å². The Balaban J connectivity index is 1.91. The van der Waals surface area contributed by atoms with E-state index in [0.717, 1.165) is 37.4 Å². The van der Waals surface area contributed by atoms with E-state index < -0.39 is 0 Å². The number of hydrogen-bond acceptors (Lipinski definition) is 3. The molecule has 0 unspecified atom stereocenters. The maximum atomic E-state index is 4.72. The second-order valence-electron chi connectivity index (χ2n) is 4.74. The third kappa shape index (κ3) is 2.27. The second-order valence-corrected chi connectivity index (χ2v) is 4.74. The zero-order chi connectivity index (χ0) is 12.4. The minimum absolute atomic E-state index is 0.822. The van der Waals surface area contributed by atoms with Crippen molar-refractivity contribution in [2.75, 3.05) is 6.54 Å². The average Bonchev–Trinajstić information content (AvgIpc) is 2.40. The zero-order valence-electron chi connectivity index (χ0n) is 10.6. The SMILES string of the molecule is Cc1nc(Cc2ccccc2)nc2c1CNCC2. The van der Waals surface area contributed by atoms with Gasteiger partial charge >= 0.3 is 0 Å². The predicted molar refractivity (Wildman–Crippen MR) is 71.4 cm³/mol. The lowest BCUT2D eigenvalue weighted by molar-refractivity contribution is 0.615. The number of hydrogen-bond donors (Lipinski definition) is 1. The van der Waals surface area contributed by atoms with Gasteiger partial charge in [0.1, 0.15) is 5.82 Å². The van der Waals surface area contributed by atoms with Gasteiger partial charge in [-0.15, -0.1) is 0 Å². The van der Waals surface area contributed by atoms with Gasteiger partial charge in [-0.1, -0.05) is 30.3 Å². The van der Waals surface area contributed by atoms with Crippen molar-refractivity contribution in [2.24, 2.45) is 0 Å². The predicted octanol–water partition coefficient (Wildman–Crippen LogP) is 2.02. The van der Waals surface area contributed by atoms with Crippen LogP contribution in [0.15, 0.2) is 30.3 Å². The third-order valence-electron chi connectivity index (χ3n) is 3.39. The molecule has 18 heavy (non-hydrogen) atoms. The van der Waals surface area contributed by atoms with Crippen molar-refractivity contribution in [1.82, 2.24) is 15.3 Å². The van der Waals surface area contributed by atoms with Crippen molar-refractivity contribution >= 4 is 0 Å². The van der Waals surface area contributed by atoms with Gasteiger partial charge in [0.2, 0.25) is 0 Å². The molecule has 0 saturated carbocycles. The number of benzene rings is 1. The number of aromatic nitrogens is 2. The molecule has 0 aliphatic carbocycles. The van der Waals surface area contributed by atoms with Crippen LogP contribution in [0.25, 0.3) is 0 Å². The molecule has 0 radical (unpaired) electrons. The third-order valence-corrected chi connectivity index (χ3v) is 3.39. The molecule has 1 aliphatic heterocycles. The van der Waals surface area contributed by atoms with Crippen molar-refractivity contribution in [3.05, 3.63) is 58.7 Å². The molecule has 0 saturated heterocycles. The smallest absolute Gasteiger partial charge is 0.133 e. The number of aryl methyl sites for hydroxylation is 1. The van der Waals surface area contributed by atoms with E-state index in [1.165, 1.54) is 16.8 Å². The van der Waals surface area contributed by atoms with Crippen LogP contribution in [-0.2, 0) is 19.4 Å². The fourth-order valence-corrected chi connectivity index (χ4v) is 2.43. The molecule has 1 N–H and O–H groups in total. The number of nitrogens with zero attached hydrogens (tertiary/aromatic N) is 2. The number of nitrogens with one attached hydrogen (secondary N) is 1. The first-order valence-corrected chi connectivity index (χ1v) is 6.43. The molecule has 92 valence electrons. The van der Waals surface area contributed by atoms with Gasteiger partial charge in [0.15, 0.2) is 0 Å². The maximum absolute atomic E-state index is 4.72. The van der Waals surface area contributed by atoms with Crippen molar-refractivity contribution in [2.45, 2.75) is 26.3 Å². The van der Waals surface area contributed by atoms with E-state index in [4.69, 9.17) is 4.98 Å². The topological polar surface area (TPSA) is 37.8 Å². The van der Waals surface area contributed by atoms with Crippen molar-refractivity contribution in [3.63, 3.8) is 0 Å². The van der Waals surface area contributed by atoms with Crippen LogP contribution in [0.4, 0.5) is 0 Å². The Morgan fingerprint density at radius 2 is 2.00 bits per heavy atom. The van der Waals surface area contributed by atoms with E-state index in [-0.39, 0.29) is 0 Å². The lowest BCUT2D eigenvalue weighted by Gasteiger charge is -2.18. The summed E-state index contributed by atoms with van der Waals surface area (Å²) in [7, 11) is 0. The highest BCUT2D eigenvalue weighted by Gasteiger charge is 2.14. The van der Waals surface area contributed by atoms with Crippen LogP contribution in [-0.4, -0.2) is 16.5 Å². The molecule has 3 nitrogen and oxygen atoms in total. The molecule has 3 rings (SSSR count). The van der Waals surface area contributed by atoms with Crippen LogP contribution in [0.2, 0.25) is 0 Å². The molecule has 1 aromatic carbocycles. The lowest BCUT2D eigenvalue weighted by Crippen LogP contribution is -2.26. The first-order valence-electron chi connectivity index (χ1n) is 6.43. The van der Waals surface area contributed by atoms with E-state index >= 15 is 0 Å². The maximum Gasteiger partial charge on any atom is 0.133 e. The average molecular weight is 239 g/mol. The van der Waals surface area contributed by atoms with Crippen molar-refractivity contribution < 1.29 is 0 Å². The highest BCUT2D eigenvalue weighted by molar-refractivity contribution is 5.29. The Hall–Kier alpha value is -1.74. The molecule has 1 aliphatic rings. The van der Waals surface area contributed by atoms with E-state index in [1.807, 2.05) is 6.07 Å². The molecule has 0 amide bonds. The Kier molecular flexibility index (Phi) is 3.07. The molecular formula is C15H17N3. The standard InChI is InChI=1S/C15H17N3/c1-11-13-10-16-8-7-14(13)18-15(17-11)9-12-5-3-2-4-6-12/h2-6,16H,7-10H2,1H3. The van der Waals surface area contributed by atoms with Gasteiger partial charge in [-0.2, -0.15) is 0 Å². The first kappa shape index (κ1) is 11.4. The summed E-state index contributed by atoms with van der Waals surface area (Å²) < 4.78 is 0. The molecule has 1 aromatic heterocycles.